The summed E-state index contributed by atoms with van der Waals surface area (Å²) < 4.78 is 27.2. The SMILES string of the molecule is O=C(CCC(=O)c1cccs1)Nc1ccc(Cl)c(S(=O)(=O)N2CCCCC2)c1. The zero-order chi connectivity index (χ0) is 20.1. The van der Waals surface area contributed by atoms with Crippen molar-refractivity contribution in [3.05, 3.63) is 45.6 Å². The lowest BCUT2D eigenvalue weighted by Crippen LogP contribution is -2.35. The summed E-state index contributed by atoms with van der Waals surface area (Å²) in [6, 6.07) is 7.91. The van der Waals surface area contributed by atoms with E-state index in [-0.39, 0.29) is 34.5 Å². The van der Waals surface area contributed by atoms with Gasteiger partial charge in [-0.3, -0.25) is 9.59 Å². The predicted molar refractivity (Wildman–Crippen MR) is 111 cm³/mol. The van der Waals surface area contributed by atoms with Crippen LogP contribution in [0.2, 0.25) is 5.02 Å². The van der Waals surface area contributed by atoms with Crippen LogP contribution in [0.4, 0.5) is 5.69 Å². The molecule has 1 fully saturated rings. The molecule has 1 amide bonds. The van der Waals surface area contributed by atoms with E-state index in [1.807, 2.05) is 5.38 Å². The Morgan fingerprint density at radius 1 is 1.11 bits per heavy atom. The Morgan fingerprint density at radius 3 is 2.54 bits per heavy atom. The van der Waals surface area contributed by atoms with Gasteiger partial charge in [0, 0.05) is 31.6 Å². The zero-order valence-corrected chi connectivity index (χ0v) is 17.6. The van der Waals surface area contributed by atoms with Crippen molar-refractivity contribution in [3.63, 3.8) is 0 Å². The third-order valence-corrected chi connectivity index (χ3v) is 7.81. The summed E-state index contributed by atoms with van der Waals surface area (Å²) in [7, 11) is -3.71. The summed E-state index contributed by atoms with van der Waals surface area (Å²) in [6.45, 7) is 0.945. The normalized spacial score (nSPS) is 15.3. The lowest BCUT2D eigenvalue weighted by molar-refractivity contribution is -0.116. The fourth-order valence-corrected chi connectivity index (χ4v) is 5.75. The number of piperidine rings is 1. The van der Waals surface area contributed by atoms with Crippen molar-refractivity contribution in [2.75, 3.05) is 18.4 Å². The highest BCUT2D eigenvalue weighted by Crippen LogP contribution is 2.29. The van der Waals surface area contributed by atoms with Gasteiger partial charge in [-0.05, 0) is 42.5 Å². The number of benzene rings is 1. The van der Waals surface area contributed by atoms with Crippen molar-refractivity contribution in [3.8, 4) is 0 Å². The maximum absolute atomic E-state index is 12.9. The van der Waals surface area contributed by atoms with Gasteiger partial charge in [0.1, 0.15) is 4.90 Å². The molecule has 2 heterocycles. The molecule has 0 unspecified atom stereocenters. The number of hydrogen-bond donors (Lipinski definition) is 1. The number of thiophene rings is 1. The molecule has 0 bridgehead atoms. The topological polar surface area (TPSA) is 83.5 Å². The van der Waals surface area contributed by atoms with E-state index in [4.69, 9.17) is 11.6 Å². The molecular weight excluding hydrogens is 420 g/mol. The number of halogens is 1. The average molecular weight is 441 g/mol. The average Bonchev–Trinajstić information content (AvgIpc) is 3.23. The van der Waals surface area contributed by atoms with Gasteiger partial charge in [0.05, 0.1) is 9.90 Å². The number of sulfonamides is 1. The molecule has 0 aliphatic carbocycles. The molecule has 28 heavy (non-hydrogen) atoms. The van der Waals surface area contributed by atoms with Gasteiger partial charge in [0.15, 0.2) is 5.78 Å². The second-order valence-corrected chi connectivity index (χ2v) is 9.82. The van der Waals surface area contributed by atoms with Crippen LogP contribution >= 0.6 is 22.9 Å². The Hall–Kier alpha value is -1.74. The van der Waals surface area contributed by atoms with Crippen molar-refractivity contribution in [1.29, 1.82) is 0 Å². The first-order valence-corrected chi connectivity index (χ1v) is 11.7. The highest BCUT2D eigenvalue weighted by Gasteiger charge is 2.28. The van der Waals surface area contributed by atoms with Crippen LogP contribution in [-0.2, 0) is 14.8 Å². The molecular formula is C19H21ClN2O4S2. The van der Waals surface area contributed by atoms with Crippen LogP contribution in [0.1, 0.15) is 41.8 Å². The Kier molecular flexibility index (Phi) is 6.87. The molecule has 1 saturated heterocycles. The van der Waals surface area contributed by atoms with Gasteiger partial charge in [-0.15, -0.1) is 11.3 Å². The van der Waals surface area contributed by atoms with Crippen LogP contribution in [0.15, 0.2) is 40.6 Å². The van der Waals surface area contributed by atoms with E-state index in [0.29, 0.717) is 23.7 Å². The van der Waals surface area contributed by atoms with E-state index in [1.165, 1.54) is 27.8 Å². The summed E-state index contributed by atoms with van der Waals surface area (Å²) >= 11 is 7.47. The summed E-state index contributed by atoms with van der Waals surface area (Å²) in [5, 5.41) is 4.59. The molecule has 1 aromatic heterocycles. The molecule has 1 aliphatic heterocycles. The molecule has 2 aromatic rings. The Labute approximate surface area is 173 Å². The van der Waals surface area contributed by atoms with E-state index in [1.54, 1.807) is 18.2 Å². The smallest absolute Gasteiger partial charge is 0.244 e. The van der Waals surface area contributed by atoms with Crippen molar-refractivity contribution < 1.29 is 18.0 Å². The minimum absolute atomic E-state index is 0.0106. The van der Waals surface area contributed by atoms with Crippen LogP contribution < -0.4 is 5.32 Å². The number of anilines is 1. The van der Waals surface area contributed by atoms with Crippen LogP contribution in [0, 0.1) is 0 Å². The summed E-state index contributed by atoms with van der Waals surface area (Å²) in [5.41, 5.74) is 0.341. The summed E-state index contributed by atoms with van der Waals surface area (Å²) in [6.07, 6.45) is 2.78. The fraction of sp³-hybridized carbons (Fsp3) is 0.368. The first-order chi connectivity index (χ1) is 13.4. The van der Waals surface area contributed by atoms with E-state index in [2.05, 4.69) is 5.32 Å². The highest BCUT2D eigenvalue weighted by atomic mass is 35.5. The van der Waals surface area contributed by atoms with Crippen molar-refractivity contribution in [2.24, 2.45) is 0 Å². The highest BCUT2D eigenvalue weighted by molar-refractivity contribution is 7.89. The van der Waals surface area contributed by atoms with Crippen LogP contribution in [0.25, 0.3) is 0 Å². The standard InChI is InChI=1S/C19H21ClN2O4S2/c20-15-7-6-14(13-18(15)28(25,26)22-10-2-1-3-11-22)21-19(24)9-8-16(23)17-5-4-12-27-17/h4-7,12-13H,1-3,8-11H2,(H,21,24). The van der Waals surface area contributed by atoms with Crippen LogP contribution in [-0.4, -0.2) is 37.5 Å². The molecule has 0 saturated carbocycles. The second kappa shape index (κ2) is 9.17. The van der Waals surface area contributed by atoms with Gasteiger partial charge in [-0.2, -0.15) is 4.31 Å². The third-order valence-electron chi connectivity index (χ3n) is 4.52. The number of rotatable bonds is 7. The van der Waals surface area contributed by atoms with Crippen molar-refractivity contribution >= 4 is 50.3 Å². The second-order valence-electron chi connectivity index (χ2n) is 6.56. The zero-order valence-electron chi connectivity index (χ0n) is 15.2. The van der Waals surface area contributed by atoms with Crippen LogP contribution in [0.3, 0.4) is 0 Å². The molecule has 0 atom stereocenters. The summed E-state index contributed by atoms with van der Waals surface area (Å²) in [5.74, 6) is -0.442. The molecule has 0 spiro atoms. The van der Waals surface area contributed by atoms with Crippen molar-refractivity contribution in [2.45, 2.75) is 37.0 Å². The molecule has 6 nitrogen and oxygen atoms in total. The van der Waals surface area contributed by atoms with E-state index in [9.17, 15) is 18.0 Å². The van der Waals surface area contributed by atoms with Crippen molar-refractivity contribution in [1.82, 2.24) is 4.31 Å². The van der Waals surface area contributed by atoms with Gasteiger partial charge in [0.25, 0.3) is 0 Å². The number of amides is 1. The lowest BCUT2D eigenvalue weighted by Gasteiger charge is -2.26. The third kappa shape index (κ3) is 5.00. The Bertz CT molecular complexity index is 952. The molecule has 1 N–H and O–H groups in total. The monoisotopic (exact) mass is 440 g/mol. The molecule has 0 radical (unpaired) electrons. The number of nitrogens with zero attached hydrogens (tertiary/aromatic N) is 1. The van der Waals surface area contributed by atoms with Gasteiger partial charge in [0.2, 0.25) is 15.9 Å². The van der Waals surface area contributed by atoms with Gasteiger partial charge < -0.3 is 5.32 Å². The minimum Gasteiger partial charge on any atom is -0.326 e. The number of carbonyl (C=O) groups excluding carboxylic acids is 2. The maximum Gasteiger partial charge on any atom is 0.244 e. The Balaban J connectivity index is 1.67. The van der Waals surface area contributed by atoms with E-state index in [0.717, 1.165) is 19.3 Å². The quantitative estimate of drug-likeness (QED) is 0.654. The van der Waals surface area contributed by atoms with E-state index >= 15 is 0 Å². The van der Waals surface area contributed by atoms with Gasteiger partial charge in [-0.25, -0.2) is 8.42 Å². The molecule has 9 heteroatoms. The van der Waals surface area contributed by atoms with Gasteiger partial charge in [-0.1, -0.05) is 24.1 Å². The number of ketones is 1. The first kappa shape index (κ1) is 21.0. The largest absolute Gasteiger partial charge is 0.326 e. The van der Waals surface area contributed by atoms with Gasteiger partial charge >= 0.3 is 0 Å². The van der Waals surface area contributed by atoms with Crippen LogP contribution in [0.5, 0.6) is 0 Å². The number of nitrogens with one attached hydrogen (secondary N) is 1. The molecule has 3 rings (SSSR count). The predicted octanol–water partition coefficient (Wildman–Crippen LogP) is 4.18. The fourth-order valence-electron chi connectivity index (χ4n) is 3.03. The van der Waals surface area contributed by atoms with E-state index < -0.39 is 10.0 Å². The number of carbonyl (C=O) groups is 2. The number of hydrogen-bond acceptors (Lipinski definition) is 5. The lowest BCUT2D eigenvalue weighted by atomic mass is 10.2. The molecule has 150 valence electrons. The Morgan fingerprint density at radius 2 is 1.86 bits per heavy atom. The molecule has 1 aromatic carbocycles. The summed E-state index contributed by atoms with van der Waals surface area (Å²) in [4.78, 5) is 24.8. The molecule has 1 aliphatic rings. The minimum atomic E-state index is -3.71. The first-order valence-electron chi connectivity index (χ1n) is 9.04. The maximum atomic E-state index is 12.9. The number of Topliss-reactive ketones (excluding diaryl/α,β-unsaturated/α-hetero) is 1.